The molecule has 5 N–H and O–H groups in total. The lowest BCUT2D eigenvalue weighted by Crippen LogP contribution is -2.58. The van der Waals surface area contributed by atoms with Gasteiger partial charge in [0.25, 0.3) is 0 Å². The van der Waals surface area contributed by atoms with Crippen LogP contribution in [0.3, 0.4) is 0 Å². The van der Waals surface area contributed by atoms with Crippen LogP contribution in [0, 0.1) is 28.6 Å². The number of ketones is 2. The average molecular weight is 690 g/mol. The maximum atomic E-state index is 13.5. The van der Waals surface area contributed by atoms with Crippen molar-refractivity contribution in [2.75, 3.05) is 13.2 Å². The number of H-pyrrole nitrogens is 1. The molecule has 2 amide bonds. The zero-order valence-electron chi connectivity index (χ0n) is 28.7. The van der Waals surface area contributed by atoms with Gasteiger partial charge in [-0.05, 0) is 85.8 Å². The highest BCUT2D eigenvalue weighted by atomic mass is 16.5. The van der Waals surface area contributed by atoms with E-state index in [1.807, 2.05) is 37.3 Å². The number of esters is 1. The third-order valence-corrected chi connectivity index (χ3v) is 12.7. The van der Waals surface area contributed by atoms with Crippen LogP contribution in [0.2, 0.25) is 0 Å². The maximum Gasteiger partial charge on any atom is 0.326 e. The van der Waals surface area contributed by atoms with Crippen LogP contribution in [0.15, 0.2) is 42.1 Å². The van der Waals surface area contributed by atoms with Crippen LogP contribution in [-0.2, 0) is 39.9 Å². The molecule has 3 fully saturated rings. The number of aliphatic hydroxyl groups is 1. The Kier molecular flexibility index (Phi) is 9.78. The SMILES string of the molecule is C[C@]12CCC(=O)C=C1CC[C@@H]1[C@@H]2CC[C@@]2(C)[C@H]1CC[C@]2(O)C(=O)COC(=O)CCC(=O)NCC(=O)NC(Cc1c[nH]c2ccccc12)C(=O)O. The Balaban J connectivity index is 0.945. The van der Waals surface area contributed by atoms with Gasteiger partial charge in [0.1, 0.15) is 11.6 Å². The molecular weight excluding hydrogens is 642 g/mol. The summed E-state index contributed by atoms with van der Waals surface area (Å²) >= 11 is 0. The second kappa shape index (κ2) is 13.8. The minimum Gasteiger partial charge on any atom is -0.480 e. The fourth-order valence-corrected chi connectivity index (χ4v) is 9.82. The number of carbonyl (C=O) groups is 6. The Bertz CT molecular complexity index is 1750. The van der Waals surface area contributed by atoms with Gasteiger partial charge in [0.15, 0.2) is 12.4 Å². The fraction of sp³-hybridized carbons (Fsp3) is 0.579. The van der Waals surface area contributed by atoms with Crippen LogP contribution in [0.5, 0.6) is 0 Å². The molecule has 1 unspecified atom stereocenters. The van der Waals surface area contributed by atoms with Crippen LogP contribution in [0.25, 0.3) is 10.9 Å². The van der Waals surface area contributed by atoms with E-state index < -0.39 is 59.7 Å². The van der Waals surface area contributed by atoms with Crippen molar-refractivity contribution in [2.24, 2.45) is 28.6 Å². The number of hydrogen-bond acceptors (Lipinski definition) is 8. The van der Waals surface area contributed by atoms with Gasteiger partial charge in [-0.1, -0.05) is 37.6 Å². The molecule has 4 aliphatic rings. The highest BCUT2D eigenvalue weighted by molar-refractivity contribution is 5.93. The lowest BCUT2D eigenvalue weighted by molar-refractivity contribution is -0.170. The lowest BCUT2D eigenvalue weighted by atomic mass is 9.46. The minimum atomic E-state index is -1.62. The van der Waals surface area contributed by atoms with Crippen molar-refractivity contribution in [1.82, 2.24) is 15.6 Å². The maximum absolute atomic E-state index is 13.5. The number of carboxylic acids is 1. The van der Waals surface area contributed by atoms with Crippen molar-refractivity contribution in [3.8, 4) is 0 Å². The summed E-state index contributed by atoms with van der Waals surface area (Å²) in [5.74, 6) is -2.71. The number of Topliss-reactive ketones (excluding diaryl/α,β-unsaturated/α-hetero) is 1. The van der Waals surface area contributed by atoms with Gasteiger partial charge < -0.3 is 30.6 Å². The van der Waals surface area contributed by atoms with Crippen molar-refractivity contribution < 1.29 is 43.7 Å². The van der Waals surface area contributed by atoms with Gasteiger partial charge in [-0.25, -0.2) is 4.79 Å². The van der Waals surface area contributed by atoms with Gasteiger partial charge in [0.2, 0.25) is 17.6 Å². The second-order valence-electron chi connectivity index (χ2n) is 15.2. The number of rotatable bonds is 12. The molecule has 2 aromatic rings. The van der Waals surface area contributed by atoms with E-state index in [1.54, 1.807) is 6.20 Å². The molecule has 50 heavy (non-hydrogen) atoms. The first-order valence-electron chi connectivity index (χ1n) is 17.7. The van der Waals surface area contributed by atoms with Gasteiger partial charge in [0.05, 0.1) is 13.0 Å². The highest BCUT2D eigenvalue weighted by Crippen LogP contribution is 2.67. The summed E-state index contributed by atoms with van der Waals surface area (Å²) in [5, 5.41) is 27.2. The van der Waals surface area contributed by atoms with Crippen molar-refractivity contribution in [3.05, 3.63) is 47.7 Å². The Morgan fingerprint density at radius 1 is 0.980 bits per heavy atom. The molecule has 12 nitrogen and oxygen atoms in total. The summed E-state index contributed by atoms with van der Waals surface area (Å²) in [6.07, 6.45) is 8.75. The monoisotopic (exact) mass is 689 g/mol. The molecule has 0 spiro atoms. The van der Waals surface area contributed by atoms with E-state index >= 15 is 0 Å². The van der Waals surface area contributed by atoms with Crippen molar-refractivity contribution in [2.45, 2.75) is 96.1 Å². The number of carbonyl (C=O) groups excluding carboxylic acids is 5. The highest BCUT2D eigenvalue weighted by Gasteiger charge is 2.66. The first kappa shape index (κ1) is 35.5. The molecule has 0 aliphatic heterocycles. The van der Waals surface area contributed by atoms with E-state index in [2.05, 4.69) is 22.5 Å². The molecular formula is C38H47N3O9. The molecule has 3 saturated carbocycles. The second-order valence-corrected chi connectivity index (χ2v) is 15.2. The minimum absolute atomic E-state index is 0.0200. The summed E-state index contributed by atoms with van der Waals surface area (Å²) in [6, 6.07) is 6.19. The van der Waals surface area contributed by atoms with E-state index in [-0.39, 0.29) is 36.4 Å². The molecule has 12 heteroatoms. The first-order valence-corrected chi connectivity index (χ1v) is 17.7. The third-order valence-electron chi connectivity index (χ3n) is 12.7. The molecule has 1 heterocycles. The van der Waals surface area contributed by atoms with Crippen LogP contribution in [0.4, 0.5) is 0 Å². The van der Waals surface area contributed by atoms with E-state index in [1.165, 1.54) is 5.57 Å². The Hall–Kier alpha value is -4.32. The summed E-state index contributed by atoms with van der Waals surface area (Å²) in [5.41, 5.74) is 0.552. The largest absolute Gasteiger partial charge is 0.480 e. The number of fused-ring (bicyclic) bond motifs is 6. The third kappa shape index (κ3) is 6.50. The average Bonchev–Trinajstić information content (AvgIpc) is 3.63. The van der Waals surface area contributed by atoms with Gasteiger partial charge in [-0.2, -0.15) is 0 Å². The zero-order valence-corrected chi connectivity index (χ0v) is 28.7. The molecule has 6 rings (SSSR count). The molecule has 1 aromatic carbocycles. The molecule has 0 bridgehead atoms. The van der Waals surface area contributed by atoms with Crippen LogP contribution in [-0.4, -0.2) is 75.3 Å². The van der Waals surface area contributed by atoms with Crippen molar-refractivity contribution in [1.29, 1.82) is 0 Å². The van der Waals surface area contributed by atoms with Gasteiger partial charge in [0, 0.05) is 41.8 Å². The zero-order chi connectivity index (χ0) is 35.8. The number of hydrogen-bond donors (Lipinski definition) is 5. The number of allylic oxidation sites excluding steroid dienone is 1. The van der Waals surface area contributed by atoms with Crippen LogP contribution in [0.1, 0.15) is 83.6 Å². The topological polar surface area (TPSA) is 192 Å². The number of amides is 2. The van der Waals surface area contributed by atoms with E-state index in [9.17, 15) is 39.0 Å². The molecule has 4 aliphatic carbocycles. The summed E-state index contributed by atoms with van der Waals surface area (Å²) in [4.78, 5) is 77.9. The number of aromatic nitrogens is 1. The van der Waals surface area contributed by atoms with Gasteiger partial charge >= 0.3 is 11.9 Å². The van der Waals surface area contributed by atoms with E-state index in [0.29, 0.717) is 37.5 Å². The number of ether oxygens (including phenoxy) is 1. The molecule has 0 saturated heterocycles. The smallest absolute Gasteiger partial charge is 0.326 e. The Morgan fingerprint density at radius 3 is 2.52 bits per heavy atom. The molecule has 1 aromatic heterocycles. The quantitative estimate of drug-likeness (QED) is 0.207. The van der Waals surface area contributed by atoms with Crippen LogP contribution >= 0.6 is 0 Å². The molecule has 268 valence electrons. The van der Waals surface area contributed by atoms with E-state index in [4.69, 9.17) is 4.74 Å². The van der Waals surface area contributed by atoms with E-state index in [0.717, 1.165) is 42.1 Å². The van der Waals surface area contributed by atoms with Gasteiger partial charge in [-0.15, -0.1) is 0 Å². The van der Waals surface area contributed by atoms with Crippen molar-refractivity contribution >= 4 is 46.2 Å². The first-order chi connectivity index (χ1) is 23.7. The Morgan fingerprint density at radius 2 is 1.74 bits per heavy atom. The normalized spacial score (nSPS) is 30.7. The summed E-state index contributed by atoms with van der Waals surface area (Å²) in [6.45, 7) is 3.22. The predicted octanol–water partition coefficient (Wildman–Crippen LogP) is 3.55. The number of benzene rings is 1. The van der Waals surface area contributed by atoms with Crippen LogP contribution < -0.4 is 10.6 Å². The molecule has 7 atom stereocenters. The number of aliphatic carboxylic acids is 1. The number of aromatic amines is 1. The summed E-state index contributed by atoms with van der Waals surface area (Å²) in [7, 11) is 0. The standard InChI is InChI=1S/C38H47N3O9/c1-36-14-11-24(42)18-23(36)7-8-26-27(36)12-15-37(2)28(26)13-16-38(37,49)31(43)21-50-34(46)10-9-32(44)40-20-33(45)41-30(35(47)48)17-22-19-39-29-6-4-3-5-25(22)29/h3-6,18-19,26-28,30,39,49H,7-17,20-21H2,1-2H3,(H,40,44)(H,41,45)(H,47,48)/t26-,27+,28+,30?,36+,37+,38+/m1/s1. The number of para-hydroxylation sites is 1. The number of carboxylic acid groups (broad SMARTS) is 1. The molecule has 0 radical (unpaired) electrons. The predicted molar refractivity (Wildman–Crippen MR) is 181 cm³/mol. The fourth-order valence-electron chi connectivity index (χ4n) is 9.82. The number of nitrogens with one attached hydrogen (secondary N) is 3. The lowest BCUT2D eigenvalue weighted by Gasteiger charge is -2.58. The Labute approximate surface area is 290 Å². The summed E-state index contributed by atoms with van der Waals surface area (Å²) < 4.78 is 5.23. The van der Waals surface area contributed by atoms with Crippen molar-refractivity contribution in [3.63, 3.8) is 0 Å². The van der Waals surface area contributed by atoms with Gasteiger partial charge in [-0.3, -0.25) is 24.0 Å².